The number of pyridine rings is 2. The van der Waals surface area contributed by atoms with Crippen molar-refractivity contribution in [2.75, 3.05) is 18.8 Å². The second-order valence-corrected chi connectivity index (χ2v) is 9.31. The maximum atomic E-state index is 13.5. The summed E-state index contributed by atoms with van der Waals surface area (Å²) in [6, 6.07) is 13.0. The molecule has 188 valence electrons. The number of halogens is 1. The Balaban J connectivity index is 1.26. The summed E-state index contributed by atoms with van der Waals surface area (Å²) >= 11 is 0. The van der Waals surface area contributed by atoms with Gasteiger partial charge in [-0.15, -0.1) is 0 Å². The highest BCUT2D eigenvalue weighted by atomic mass is 19.1. The molecule has 1 aliphatic rings. The molecule has 1 atom stereocenters. The zero-order chi connectivity index (χ0) is 25.9. The van der Waals surface area contributed by atoms with E-state index in [1.807, 2.05) is 25.1 Å². The zero-order valence-corrected chi connectivity index (χ0v) is 20.5. The van der Waals surface area contributed by atoms with Gasteiger partial charge in [-0.05, 0) is 79.1 Å². The molecule has 1 fully saturated rings. The summed E-state index contributed by atoms with van der Waals surface area (Å²) in [5.74, 6) is 0.964. The van der Waals surface area contributed by atoms with Gasteiger partial charge < -0.3 is 15.1 Å². The molecule has 0 radical (unpaired) electrons. The Morgan fingerprint density at radius 2 is 2.03 bits per heavy atom. The van der Waals surface area contributed by atoms with Crippen LogP contribution in [-0.4, -0.2) is 45.8 Å². The van der Waals surface area contributed by atoms with E-state index in [9.17, 15) is 14.0 Å². The smallest absolute Gasteiger partial charge is 0.255 e. The van der Waals surface area contributed by atoms with Gasteiger partial charge in [-0.3, -0.25) is 14.6 Å². The first-order chi connectivity index (χ1) is 17.9. The van der Waals surface area contributed by atoms with Crippen LogP contribution in [0.25, 0.3) is 28.3 Å². The Kier molecular flexibility index (Phi) is 6.81. The van der Waals surface area contributed by atoms with Gasteiger partial charge in [0.2, 0.25) is 0 Å². The fraction of sp³-hybridized carbons (Fsp3) is 0.241. The lowest BCUT2D eigenvalue weighted by Gasteiger charge is -2.15. The maximum Gasteiger partial charge on any atom is 0.255 e. The molecule has 1 amide bonds. The van der Waals surface area contributed by atoms with E-state index in [4.69, 9.17) is 10.2 Å². The fourth-order valence-electron chi connectivity index (χ4n) is 4.46. The van der Waals surface area contributed by atoms with Crippen molar-refractivity contribution in [1.82, 2.24) is 14.9 Å². The van der Waals surface area contributed by atoms with Gasteiger partial charge in [-0.2, -0.15) is 0 Å². The molecule has 0 saturated carbocycles. The Morgan fingerprint density at radius 1 is 1.16 bits per heavy atom. The minimum absolute atomic E-state index is 0.00973. The first-order valence-corrected chi connectivity index (χ1v) is 12.2. The van der Waals surface area contributed by atoms with Crippen LogP contribution in [-0.2, 0) is 11.2 Å². The molecule has 0 bridgehead atoms. The number of carbonyl (C=O) groups excluding carboxylic acids is 2. The van der Waals surface area contributed by atoms with E-state index in [1.165, 1.54) is 4.90 Å². The molecule has 1 aromatic carbocycles. The van der Waals surface area contributed by atoms with Crippen molar-refractivity contribution in [3.05, 3.63) is 83.4 Å². The van der Waals surface area contributed by atoms with Gasteiger partial charge >= 0.3 is 0 Å². The summed E-state index contributed by atoms with van der Waals surface area (Å²) in [6.45, 7) is 2.54. The van der Waals surface area contributed by atoms with E-state index < -0.39 is 6.17 Å². The second kappa shape index (κ2) is 10.3. The first-order valence-electron chi connectivity index (χ1n) is 12.2. The molecular formula is C29H27FN4O3. The molecule has 4 heterocycles. The summed E-state index contributed by atoms with van der Waals surface area (Å²) in [5, 5.41) is 0.925. The molecule has 1 saturated heterocycles. The highest BCUT2D eigenvalue weighted by molar-refractivity contribution is 5.95. The average molecular weight is 499 g/mol. The van der Waals surface area contributed by atoms with Crippen LogP contribution < -0.4 is 5.73 Å². The highest BCUT2D eigenvalue weighted by Gasteiger charge is 2.26. The minimum Gasteiger partial charge on any atom is -0.461 e. The number of allylic oxidation sites excluding steroid dienone is 1. The number of alkyl halides is 1. The topological polar surface area (TPSA) is 102 Å². The van der Waals surface area contributed by atoms with Crippen molar-refractivity contribution in [2.45, 2.75) is 32.4 Å². The van der Waals surface area contributed by atoms with Crippen LogP contribution in [0.1, 0.15) is 40.1 Å². The van der Waals surface area contributed by atoms with E-state index in [2.05, 4.69) is 9.97 Å². The van der Waals surface area contributed by atoms with Crippen molar-refractivity contribution in [3.63, 3.8) is 0 Å². The number of aryl methyl sites for hydroxylation is 2. The van der Waals surface area contributed by atoms with Crippen LogP contribution in [0.15, 0.2) is 65.4 Å². The van der Waals surface area contributed by atoms with Crippen molar-refractivity contribution >= 4 is 34.6 Å². The van der Waals surface area contributed by atoms with E-state index in [1.54, 1.807) is 48.8 Å². The molecule has 0 unspecified atom stereocenters. The van der Waals surface area contributed by atoms with Crippen LogP contribution in [0.4, 0.5) is 10.2 Å². The van der Waals surface area contributed by atoms with E-state index >= 15 is 0 Å². The van der Waals surface area contributed by atoms with E-state index in [0.717, 1.165) is 39.1 Å². The molecule has 5 rings (SSSR count). The number of likely N-dealkylation sites (tertiary alicyclic amines) is 1. The van der Waals surface area contributed by atoms with Gasteiger partial charge in [-0.1, -0.05) is 0 Å². The molecule has 37 heavy (non-hydrogen) atoms. The average Bonchev–Trinajstić information content (AvgIpc) is 3.53. The predicted molar refractivity (Wildman–Crippen MR) is 141 cm³/mol. The van der Waals surface area contributed by atoms with Crippen LogP contribution in [0.2, 0.25) is 0 Å². The van der Waals surface area contributed by atoms with Crippen molar-refractivity contribution in [3.8, 4) is 11.3 Å². The summed E-state index contributed by atoms with van der Waals surface area (Å²) in [4.78, 5) is 34.9. The number of nitrogens with two attached hydrogens (primary N) is 1. The molecule has 0 spiro atoms. The number of nitrogen functional groups attached to an aromatic ring is 1. The number of benzene rings is 1. The fourth-order valence-corrected chi connectivity index (χ4v) is 4.46. The number of hydrogen-bond donors (Lipinski definition) is 1. The van der Waals surface area contributed by atoms with Gasteiger partial charge in [0.15, 0.2) is 5.78 Å². The summed E-state index contributed by atoms with van der Waals surface area (Å²) < 4.78 is 19.5. The van der Waals surface area contributed by atoms with Crippen LogP contribution >= 0.6 is 0 Å². The third-order valence-electron chi connectivity index (χ3n) is 6.47. The monoisotopic (exact) mass is 498 g/mol. The van der Waals surface area contributed by atoms with Crippen molar-refractivity contribution in [1.29, 1.82) is 0 Å². The number of anilines is 1. The molecule has 1 aliphatic heterocycles. The maximum absolute atomic E-state index is 13.5. The van der Waals surface area contributed by atoms with E-state index in [-0.39, 0.29) is 18.2 Å². The third kappa shape index (κ3) is 5.58. The van der Waals surface area contributed by atoms with Gasteiger partial charge in [0, 0.05) is 42.7 Å². The van der Waals surface area contributed by atoms with E-state index in [0.29, 0.717) is 37.2 Å². The number of fused-ring (bicyclic) bond motifs is 1. The number of nitrogens with zero attached hydrogens (tertiary/aromatic N) is 3. The predicted octanol–water partition coefficient (Wildman–Crippen LogP) is 5.18. The standard InChI is InChI=1S/C29H27FN4O3/c1-18-12-21(26-8-4-20(16-32-26)29(36)34-11-10-23(30)17-34)13-22-14-25(37-28(18)22)7-6-24(35)5-2-19-3-9-27(31)33-15-19/h2-5,8-9,12-16,23H,6-7,10-11,17H2,1H3,(H2,31,33)/b5-2+/t23-/m0/s1. The molecule has 0 aliphatic carbocycles. The van der Waals surface area contributed by atoms with Crippen molar-refractivity contribution in [2.24, 2.45) is 0 Å². The van der Waals surface area contributed by atoms with Gasteiger partial charge in [0.05, 0.1) is 17.8 Å². The molecule has 3 aromatic heterocycles. The Hall–Kier alpha value is -4.33. The quantitative estimate of drug-likeness (QED) is 0.352. The number of hydrogen-bond acceptors (Lipinski definition) is 6. The Morgan fingerprint density at radius 3 is 2.73 bits per heavy atom. The lowest BCUT2D eigenvalue weighted by Crippen LogP contribution is -2.29. The molecule has 8 heteroatoms. The molecule has 2 N–H and O–H groups in total. The molecule has 4 aromatic rings. The normalized spacial score (nSPS) is 15.6. The number of aromatic nitrogens is 2. The minimum atomic E-state index is -0.951. The summed E-state index contributed by atoms with van der Waals surface area (Å²) in [5.41, 5.74) is 10.2. The van der Waals surface area contributed by atoms with Crippen LogP contribution in [0.5, 0.6) is 0 Å². The lowest BCUT2D eigenvalue weighted by atomic mass is 10.0. The Labute approximate surface area is 213 Å². The third-order valence-corrected chi connectivity index (χ3v) is 6.47. The van der Waals surface area contributed by atoms with Gasteiger partial charge in [0.1, 0.15) is 23.3 Å². The number of rotatable bonds is 7. The number of amides is 1. The van der Waals surface area contributed by atoms with Crippen LogP contribution in [0, 0.1) is 6.92 Å². The summed E-state index contributed by atoms with van der Waals surface area (Å²) in [6.07, 6.45) is 6.66. The van der Waals surface area contributed by atoms with Gasteiger partial charge in [-0.25, -0.2) is 9.37 Å². The number of carbonyl (C=O) groups is 2. The zero-order valence-electron chi connectivity index (χ0n) is 20.5. The van der Waals surface area contributed by atoms with Crippen molar-refractivity contribution < 1.29 is 18.4 Å². The van der Waals surface area contributed by atoms with Crippen LogP contribution in [0.3, 0.4) is 0 Å². The lowest BCUT2D eigenvalue weighted by molar-refractivity contribution is -0.114. The second-order valence-electron chi connectivity index (χ2n) is 9.31. The highest BCUT2D eigenvalue weighted by Crippen LogP contribution is 2.30. The number of ketones is 1. The number of furan rings is 1. The summed E-state index contributed by atoms with van der Waals surface area (Å²) in [7, 11) is 0. The molecule has 7 nitrogen and oxygen atoms in total. The first kappa shape index (κ1) is 24.4. The SMILES string of the molecule is Cc1cc(-c2ccc(C(=O)N3CC[C@H](F)C3)cn2)cc2cc(CCC(=O)/C=C/c3ccc(N)nc3)oc12. The Bertz CT molecular complexity index is 1480. The largest absolute Gasteiger partial charge is 0.461 e. The molecular weight excluding hydrogens is 471 g/mol. The van der Waals surface area contributed by atoms with Gasteiger partial charge in [0.25, 0.3) is 5.91 Å².